The summed E-state index contributed by atoms with van der Waals surface area (Å²) in [6, 6.07) is -0.565. The van der Waals surface area contributed by atoms with E-state index in [0.717, 1.165) is 12.8 Å². The summed E-state index contributed by atoms with van der Waals surface area (Å²) in [5.74, 6) is -0.781. The van der Waals surface area contributed by atoms with Gasteiger partial charge < -0.3 is 15.6 Å². The van der Waals surface area contributed by atoms with E-state index in [9.17, 15) is 14.7 Å². The number of aliphatic carboxylic acids is 1. The number of nitrogens with zero attached hydrogens (tertiary/aromatic N) is 2. The van der Waals surface area contributed by atoms with Gasteiger partial charge in [-0.1, -0.05) is 13.3 Å². The molecule has 4 atom stereocenters. The van der Waals surface area contributed by atoms with Gasteiger partial charge in [-0.25, -0.2) is 0 Å². The van der Waals surface area contributed by atoms with Crippen LogP contribution in [0.4, 0.5) is 0 Å². The molecule has 0 radical (unpaired) electrons. The zero-order chi connectivity index (χ0) is 16.7. The maximum atomic E-state index is 11.4. The first-order valence-corrected chi connectivity index (χ1v) is 7.80. The molecule has 0 spiro atoms. The molecule has 22 heavy (non-hydrogen) atoms. The third kappa shape index (κ3) is 5.29. The first kappa shape index (κ1) is 18.4. The first-order valence-electron chi connectivity index (χ1n) is 7.80. The topological polar surface area (TPSA) is 102 Å². The average molecular weight is 313 g/mol. The third-order valence-corrected chi connectivity index (χ3v) is 4.26. The number of likely N-dealkylation sites (tertiary alicyclic amines) is 1. The summed E-state index contributed by atoms with van der Waals surface area (Å²) in [5.41, 5.74) is 0. The highest BCUT2D eigenvalue weighted by atomic mass is 16.4. The maximum absolute atomic E-state index is 11.4. The fraction of sp³-hybridized carbons (Fsp3) is 0.800. The van der Waals surface area contributed by atoms with Gasteiger partial charge in [-0.15, -0.1) is 5.16 Å². The van der Waals surface area contributed by atoms with E-state index < -0.39 is 12.0 Å². The van der Waals surface area contributed by atoms with Crippen LogP contribution in [0.25, 0.3) is 0 Å². The fourth-order valence-electron chi connectivity index (χ4n) is 3.21. The maximum Gasteiger partial charge on any atom is 0.320 e. The van der Waals surface area contributed by atoms with Gasteiger partial charge in [-0.2, -0.15) is 0 Å². The molecule has 0 aromatic heterocycles. The summed E-state index contributed by atoms with van der Waals surface area (Å²) >= 11 is 0. The van der Waals surface area contributed by atoms with Crippen LogP contribution in [-0.2, 0) is 9.59 Å². The Morgan fingerprint density at radius 1 is 1.50 bits per heavy atom. The van der Waals surface area contributed by atoms with Gasteiger partial charge in [-0.3, -0.25) is 14.5 Å². The van der Waals surface area contributed by atoms with E-state index in [0.29, 0.717) is 19.5 Å². The normalized spacial score (nSPS) is 25.2. The second-order valence-electron chi connectivity index (χ2n) is 6.11. The molecule has 126 valence electrons. The second-order valence-corrected chi connectivity index (χ2v) is 6.11. The van der Waals surface area contributed by atoms with Gasteiger partial charge in [0.15, 0.2) is 0 Å². The smallest absolute Gasteiger partial charge is 0.320 e. The number of oxime groups is 1. The van der Waals surface area contributed by atoms with Crippen LogP contribution in [0.3, 0.4) is 0 Å². The Morgan fingerprint density at radius 2 is 2.18 bits per heavy atom. The molecule has 1 saturated heterocycles. The molecule has 1 heterocycles. The van der Waals surface area contributed by atoms with Crippen molar-refractivity contribution in [3.05, 3.63) is 0 Å². The van der Waals surface area contributed by atoms with Crippen LogP contribution in [0.15, 0.2) is 5.16 Å². The van der Waals surface area contributed by atoms with Gasteiger partial charge in [0.2, 0.25) is 5.91 Å². The number of hydrogen-bond acceptors (Lipinski definition) is 5. The van der Waals surface area contributed by atoms with Crippen molar-refractivity contribution in [1.82, 2.24) is 10.2 Å². The fourth-order valence-corrected chi connectivity index (χ4v) is 3.21. The lowest BCUT2D eigenvalue weighted by Crippen LogP contribution is -2.45. The average Bonchev–Trinajstić information content (AvgIpc) is 2.81. The minimum Gasteiger partial charge on any atom is -0.480 e. The highest BCUT2D eigenvalue weighted by Crippen LogP contribution is 2.25. The van der Waals surface area contributed by atoms with Gasteiger partial charge >= 0.3 is 5.97 Å². The van der Waals surface area contributed by atoms with E-state index in [1.807, 2.05) is 11.8 Å². The molecule has 1 rings (SSSR count). The minimum absolute atomic E-state index is 0.00236. The van der Waals surface area contributed by atoms with Crippen LogP contribution in [0.5, 0.6) is 0 Å². The molecule has 3 unspecified atom stereocenters. The van der Waals surface area contributed by atoms with E-state index in [1.165, 1.54) is 13.1 Å². The number of nitrogens with one attached hydrogen (secondary N) is 1. The number of carboxylic acids is 1. The summed E-state index contributed by atoms with van der Waals surface area (Å²) in [5, 5.41) is 24.0. The van der Waals surface area contributed by atoms with E-state index in [2.05, 4.69) is 17.4 Å². The molecular formula is C15H27N3O4. The van der Waals surface area contributed by atoms with E-state index in [1.54, 1.807) is 0 Å². The number of carbonyl (C=O) groups is 2. The molecule has 0 bridgehead atoms. The van der Waals surface area contributed by atoms with Crippen LogP contribution in [0.1, 0.15) is 40.0 Å². The Hall–Kier alpha value is -1.63. The SMILES string of the molecule is CCC[C@@H](CN1CC(C=NO)CC1C(=O)O)C(C)NC(C)=O. The van der Waals surface area contributed by atoms with Crippen molar-refractivity contribution in [2.75, 3.05) is 13.1 Å². The predicted molar refractivity (Wildman–Crippen MR) is 83.1 cm³/mol. The Kier molecular flexibility index (Phi) is 7.31. The molecule has 0 aliphatic carbocycles. The standard InChI is InChI=1S/C15H27N3O4/c1-4-5-13(10(2)17-11(3)19)9-18-8-12(7-16-22)6-14(18)15(20)21/h7,10,12-14,22H,4-6,8-9H2,1-3H3,(H,17,19)(H,20,21)/t10?,12?,13-,14?/m0/s1. The second kappa shape index (κ2) is 8.73. The lowest BCUT2D eigenvalue weighted by Gasteiger charge is -2.30. The van der Waals surface area contributed by atoms with Gasteiger partial charge in [0.1, 0.15) is 6.04 Å². The number of rotatable bonds is 8. The largest absolute Gasteiger partial charge is 0.480 e. The predicted octanol–water partition coefficient (Wildman–Crippen LogP) is 1.16. The van der Waals surface area contributed by atoms with Crippen molar-refractivity contribution in [1.29, 1.82) is 0 Å². The summed E-state index contributed by atoms with van der Waals surface area (Å²) in [4.78, 5) is 24.6. The number of hydrogen-bond donors (Lipinski definition) is 3. The Morgan fingerprint density at radius 3 is 2.68 bits per heavy atom. The van der Waals surface area contributed by atoms with Crippen molar-refractivity contribution in [2.24, 2.45) is 17.0 Å². The first-order chi connectivity index (χ1) is 10.4. The molecule has 7 heteroatoms. The summed E-state index contributed by atoms with van der Waals surface area (Å²) in [6.07, 6.45) is 3.75. The minimum atomic E-state index is -0.851. The lowest BCUT2D eigenvalue weighted by molar-refractivity contribution is -0.142. The van der Waals surface area contributed by atoms with Gasteiger partial charge in [0.25, 0.3) is 0 Å². The van der Waals surface area contributed by atoms with Crippen LogP contribution in [-0.4, -0.2) is 58.5 Å². The zero-order valence-corrected chi connectivity index (χ0v) is 13.5. The van der Waals surface area contributed by atoms with Crippen molar-refractivity contribution >= 4 is 18.1 Å². The van der Waals surface area contributed by atoms with Gasteiger partial charge in [-0.05, 0) is 25.7 Å². The molecule has 0 saturated carbocycles. The molecule has 0 aromatic carbocycles. The monoisotopic (exact) mass is 313 g/mol. The molecule has 1 aliphatic rings. The molecule has 1 amide bonds. The molecule has 0 aromatic rings. The molecule has 3 N–H and O–H groups in total. The lowest BCUT2D eigenvalue weighted by atomic mass is 9.95. The molecular weight excluding hydrogens is 286 g/mol. The van der Waals surface area contributed by atoms with Crippen LogP contribution in [0, 0.1) is 11.8 Å². The number of carbonyl (C=O) groups excluding carboxylic acids is 1. The zero-order valence-electron chi connectivity index (χ0n) is 13.5. The van der Waals surface area contributed by atoms with Crippen LogP contribution < -0.4 is 5.32 Å². The van der Waals surface area contributed by atoms with Crippen molar-refractivity contribution in [3.63, 3.8) is 0 Å². The van der Waals surface area contributed by atoms with Gasteiger partial charge in [0, 0.05) is 38.2 Å². The number of amides is 1. The summed E-state index contributed by atoms with van der Waals surface area (Å²) in [6.45, 7) is 6.70. The van der Waals surface area contributed by atoms with Gasteiger partial charge in [0.05, 0.1) is 0 Å². The highest BCUT2D eigenvalue weighted by molar-refractivity contribution is 5.75. The van der Waals surface area contributed by atoms with E-state index >= 15 is 0 Å². The van der Waals surface area contributed by atoms with E-state index in [4.69, 9.17) is 5.21 Å². The third-order valence-electron chi connectivity index (χ3n) is 4.26. The van der Waals surface area contributed by atoms with Crippen molar-refractivity contribution < 1.29 is 19.9 Å². The molecule has 1 aliphatic heterocycles. The quantitative estimate of drug-likeness (QED) is 0.354. The Bertz CT molecular complexity index is 414. The van der Waals surface area contributed by atoms with Crippen LogP contribution in [0.2, 0.25) is 0 Å². The molecule has 1 fully saturated rings. The Labute approximate surface area is 131 Å². The van der Waals surface area contributed by atoms with Crippen molar-refractivity contribution in [2.45, 2.75) is 52.1 Å². The highest BCUT2D eigenvalue weighted by Gasteiger charge is 2.37. The molecule has 7 nitrogen and oxygen atoms in total. The Balaban J connectivity index is 2.76. The number of carboxylic acid groups (broad SMARTS) is 1. The summed E-state index contributed by atoms with van der Waals surface area (Å²) < 4.78 is 0. The van der Waals surface area contributed by atoms with E-state index in [-0.39, 0.29) is 23.8 Å². The summed E-state index contributed by atoms with van der Waals surface area (Å²) in [7, 11) is 0. The van der Waals surface area contributed by atoms with Crippen LogP contribution >= 0.6 is 0 Å². The van der Waals surface area contributed by atoms with Crippen molar-refractivity contribution in [3.8, 4) is 0 Å².